The van der Waals surface area contributed by atoms with Gasteiger partial charge in [0.25, 0.3) is 0 Å². The maximum atomic E-state index is 8.66. The molecule has 0 amide bonds. The molecule has 0 unspecified atom stereocenters. The van der Waals surface area contributed by atoms with E-state index in [1.807, 2.05) is 0 Å². The summed E-state index contributed by atoms with van der Waals surface area (Å²) in [6.07, 6.45) is 116. The minimum Gasteiger partial charge on any atom is -0.396 e. The fourth-order valence-electron chi connectivity index (χ4n) is 12.8. The van der Waals surface area contributed by atoms with Crippen molar-refractivity contribution < 1.29 is 22.8 Å². The summed E-state index contributed by atoms with van der Waals surface area (Å²) in [6.45, 7) is 14.6. The third kappa shape index (κ3) is 86.9. The molecule has 0 aromatic carbocycles. The molecule has 0 bridgehead atoms. The van der Waals surface area contributed by atoms with Gasteiger partial charge in [-0.15, -0.1) is 0 Å². The zero-order valence-electron chi connectivity index (χ0n) is 66.4. The van der Waals surface area contributed by atoms with E-state index < -0.39 is 9.05 Å². The second-order valence-corrected chi connectivity index (χ2v) is 31.5. The molecule has 0 radical (unpaired) electrons. The Balaban J connectivity index is 0. The summed E-state index contributed by atoms with van der Waals surface area (Å²) in [4.78, 5) is 0. The highest BCUT2D eigenvalue weighted by atomic mass is 28.4. The minimum atomic E-state index is -3.26. The largest absolute Gasteiger partial charge is 0.679 e. The molecule has 570 valence electrons. The number of allylic oxidation sites excluding steroid dienone is 10. The predicted molar refractivity (Wildman–Crippen MR) is 434 cm³/mol. The molecule has 0 aromatic heterocycles. The van der Waals surface area contributed by atoms with Crippen molar-refractivity contribution in [3.63, 3.8) is 0 Å². The van der Waals surface area contributed by atoms with Crippen molar-refractivity contribution in [2.45, 2.75) is 484 Å². The first-order valence-corrected chi connectivity index (χ1v) is 45.7. The van der Waals surface area contributed by atoms with Crippen molar-refractivity contribution in [1.29, 1.82) is 0 Å². The van der Waals surface area contributed by atoms with E-state index in [-0.39, 0.29) is 0 Å². The molecular weight excluding hydrogens is 1190 g/mol. The maximum Gasteiger partial charge on any atom is 0.679 e. The van der Waals surface area contributed by atoms with E-state index >= 15 is 0 Å². The molecule has 0 atom stereocenters. The monoisotopic (exact) mass is 1370 g/mol. The molecule has 0 spiro atoms. The number of aliphatic hydroxyl groups excluding tert-OH is 1. The van der Waals surface area contributed by atoms with E-state index in [4.69, 9.17) is 22.8 Å². The second kappa shape index (κ2) is 91.7. The molecule has 0 saturated carbocycles. The van der Waals surface area contributed by atoms with Crippen molar-refractivity contribution >= 4 is 9.05 Å². The Hall–Kier alpha value is -1.28. The minimum absolute atomic E-state index is 0.362. The van der Waals surface area contributed by atoms with Gasteiger partial charge in [0.15, 0.2) is 0 Å². The van der Waals surface area contributed by atoms with Crippen LogP contribution in [0.3, 0.4) is 0 Å². The van der Waals surface area contributed by atoms with E-state index in [0.29, 0.717) is 33.0 Å². The molecule has 6 heteroatoms. The van der Waals surface area contributed by atoms with E-state index in [2.05, 4.69) is 95.4 Å². The molecular formula is C90H176O5Si. The van der Waals surface area contributed by atoms with Crippen LogP contribution in [0, 0.1) is 0 Å². The van der Waals surface area contributed by atoms with Gasteiger partial charge in [0.05, 0.1) is 0 Å². The number of aliphatic hydroxyl groups is 1. The topological polar surface area (TPSA) is 57.2 Å². The van der Waals surface area contributed by atoms with Crippen molar-refractivity contribution in [3.05, 3.63) is 60.8 Å². The van der Waals surface area contributed by atoms with Gasteiger partial charge in [-0.25, -0.2) is 0 Å². The van der Waals surface area contributed by atoms with Crippen molar-refractivity contribution in [1.82, 2.24) is 0 Å². The van der Waals surface area contributed by atoms with Crippen molar-refractivity contribution in [2.75, 3.05) is 33.0 Å². The summed E-state index contributed by atoms with van der Waals surface area (Å²) in [5.74, 6) is 0. The Labute approximate surface area is 606 Å². The lowest BCUT2D eigenvalue weighted by Gasteiger charge is -2.28. The van der Waals surface area contributed by atoms with Gasteiger partial charge < -0.3 is 22.8 Å². The van der Waals surface area contributed by atoms with Gasteiger partial charge in [-0.05, 0) is 161 Å². The quantitative estimate of drug-likeness (QED) is 0.0374. The van der Waals surface area contributed by atoms with Gasteiger partial charge in [0.1, 0.15) is 0 Å². The lowest BCUT2D eigenvalue weighted by Crippen LogP contribution is -2.50. The number of rotatable bonds is 83. The third-order valence-corrected chi connectivity index (χ3v) is 21.6. The van der Waals surface area contributed by atoms with Crippen LogP contribution in [0.2, 0.25) is 0 Å². The van der Waals surface area contributed by atoms with Crippen LogP contribution in [0.1, 0.15) is 484 Å². The van der Waals surface area contributed by atoms with Crippen LogP contribution in [0.15, 0.2) is 60.8 Å². The average Bonchev–Trinajstić information content (AvgIpc) is 1.81. The Morgan fingerprint density at radius 3 is 0.438 bits per heavy atom. The van der Waals surface area contributed by atoms with Crippen LogP contribution in [-0.2, 0) is 17.7 Å². The Morgan fingerprint density at radius 1 is 0.167 bits per heavy atom. The molecule has 0 rings (SSSR count). The van der Waals surface area contributed by atoms with Crippen LogP contribution in [0.4, 0.5) is 0 Å². The molecule has 5 nitrogen and oxygen atoms in total. The number of hydrogen-bond donors (Lipinski definition) is 1. The summed E-state index contributed by atoms with van der Waals surface area (Å²) < 4.78 is 27.1. The molecule has 96 heavy (non-hydrogen) atoms. The predicted octanol–water partition coefficient (Wildman–Crippen LogP) is 31.7. The highest BCUT2D eigenvalue weighted by Gasteiger charge is 2.45. The summed E-state index contributed by atoms with van der Waals surface area (Å²) in [5.41, 5.74) is 0. The number of hydrogen-bond acceptors (Lipinski definition) is 5. The molecule has 0 saturated heterocycles. The van der Waals surface area contributed by atoms with E-state index in [1.54, 1.807) is 0 Å². The highest BCUT2D eigenvalue weighted by Crippen LogP contribution is 2.21. The zero-order valence-corrected chi connectivity index (χ0v) is 67.4. The zero-order chi connectivity index (χ0) is 69.4. The Kier molecular flexibility index (Phi) is 92.5. The van der Waals surface area contributed by atoms with Gasteiger partial charge >= 0.3 is 9.05 Å². The summed E-state index contributed by atoms with van der Waals surface area (Å²) >= 11 is 0. The second-order valence-electron chi connectivity index (χ2n) is 29.3. The fraction of sp³-hybridized carbons (Fsp3) is 0.889. The van der Waals surface area contributed by atoms with Crippen LogP contribution in [-0.4, -0.2) is 47.2 Å². The molecule has 0 heterocycles. The van der Waals surface area contributed by atoms with Gasteiger partial charge in [0.2, 0.25) is 0 Å². The highest BCUT2D eigenvalue weighted by molar-refractivity contribution is 6.53. The van der Waals surface area contributed by atoms with Crippen LogP contribution in [0.25, 0.3) is 0 Å². The fourth-order valence-corrected chi connectivity index (χ4v) is 14.9. The lowest BCUT2D eigenvalue weighted by molar-refractivity contribution is -0.0375. The standard InChI is InChI=1S/C72H140O4Si.C18H36O/c1-5-9-13-17-21-25-29-33-37-41-45-49-53-57-61-65-69-73-77(74-70-66-62-58-54-50-46-42-38-34-30-26-22-18-14-10-6-2,75-71-67-63-59-55-51-47-43-39-35-31-27-23-19-15-11-7-3)76-72-68-64-60-56-52-48-44-40-36-32-28-24-20-16-12-8-4;1-2-3-4-5-6-7-8-9-10-11-12-13-14-15-16-17-18-19/h33-40H,5-32,41-72H2,1-4H3;9-10,19H,2-8,11-18H2,1H3. The summed E-state index contributed by atoms with van der Waals surface area (Å²) in [5, 5.41) is 8.66. The average molecular weight is 1370 g/mol. The van der Waals surface area contributed by atoms with E-state index in [1.165, 1.54) is 417 Å². The van der Waals surface area contributed by atoms with Crippen molar-refractivity contribution in [2.24, 2.45) is 0 Å². The molecule has 0 aliphatic rings. The van der Waals surface area contributed by atoms with Gasteiger partial charge in [0, 0.05) is 33.0 Å². The normalized spacial score (nSPS) is 12.7. The molecule has 0 aromatic rings. The van der Waals surface area contributed by atoms with Crippen LogP contribution >= 0.6 is 0 Å². The summed E-state index contributed by atoms with van der Waals surface area (Å²) in [7, 11) is -3.26. The lowest BCUT2D eigenvalue weighted by atomic mass is 10.1. The smallest absolute Gasteiger partial charge is 0.396 e. The van der Waals surface area contributed by atoms with Crippen LogP contribution in [0.5, 0.6) is 0 Å². The first-order valence-electron chi connectivity index (χ1n) is 44.1. The van der Waals surface area contributed by atoms with E-state index in [0.717, 1.165) is 32.1 Å². The first kappa shape index (κ1) is 96.8. The molecule has 0 fully saturated rings. The van der Waals surface area contributed by atoms with E-state index in [9.17, 15) is 0 Å². The Morgan fingerprint density at radius 2 is 0.292 bits per heavy atom. The molecule has 0 aliphatic carbocycles. The van der Waals surface area contributed by atoms with Gasteiger partial charge in [-0.3, -0.25) is 0 Å². The SMILES string of the molecule is CCCCCCCCC=CCCCCCCCCO.CCCCCCCCC=CCCCCCCCCO[Si](OCCCCCCCCC=CCCCCCCCC)(OCCCCCCCCC=CCCCCCCCC)OCCCCCCCCC=CCCCCCCCC. The van der Waals surface area contributed by atoms with Gasteiger partial charge in [-0.1, -0.05) is 384 Å². The maximum absolute atomic E-state index is 8.66. The van der Waals surface area contributed by atoms with Crippen LogP contribution < -0.4 is 0 Å². The van der Waals surface area contributed by atoms with Gasteiger partial charge in [-0.2, -0.15) is 0 Å². The van der Waals surface area contributed by atoms with Crippen molar-refractivity contribution in [3.8, 4) is 0 Å². The Bertz CT molecular complexity index is 1320. The molecule has 0 aliphatic heterocycles. The third-order valence-electron chi connectivity index (χ3n) is 19.4. The summed E-state index contributed by atoms with van der Waals surface area (Å²) in [6, 6.07) is 0. The number of unbranched alkanes of at least 4 members (excludes halogenated alkanes) is 60. The first-order chi connectivity index (χ1) is 47.7. The molecule has 1 N–H and O–H groups in total.